The van der Waals surface area contributed by atoms with Crippen molar-refractivity contribution in [3.8, 4) is 0 Å². The van der Waals surface area contributed by atoms with Crippen molar-refractivity contribution in [1.29, 1.82) is 0 Å². The van der Waals surface area contributed by atoms with Gasteiger partial charge in [-0.25, -0.2) is 9.78 Å². The first-order valence-electron chi connectivity index (χ1n) is 7.83. The number of hydrogen-bond acceptors (Lipinski definition) is 6. The van der Waals surface area contributed by atoms with Gasteiger partial charge in [0, 0.05) is 5.39 Å². The van der Waals surface area contributed by atoms with Crippen molar-refractivity contribution >= 4 is 34.2 Å². The lowest BCUT2D eigenvalue weighted by atomic mass is 10.2. The number of aromatic nitrogens is 1. The number of fused-ring (bicyclic) bond motifs is 1. The Hall–Kier alpha value is -2.67. The smallest absolute Gasteiger partial charge is 0.350 e. The minimum atomic E-state index is -0.533. The molecule has 7 heteroatoms. The number of carbonyl (C=O) groups is 2. The largest absolute Gasteiger partial charge is 0.459 e. The number of furan rings is 1. The number of rotatable bonds is 5. The van der Waals surface area contributed by atoms with Crippen LogP contribution in [0.15, 0.2) is 34.7 Å². The molecule has 3 rings (SSSR count). The van der Waals surface area contributed by atoms with E-state index in [1.54, 1.807) is 6.92 Å². The average molecular weight is 358 g/mol. The summed E-state index contributed by atoms with van der Waals surface area (Å²) in [7, 11) is 0. The summed E-state index contributed by atoms with van der Waals surface area (Å²) < 4.78 is 10.8. The maximum absolute atomic E-state index is 12.0. The van der Waals surface area contributed by atoms with Crippen LogP contribution in [0, 0.1) is 13.8 Å². The van der Waals surface area contributed by atoms with E-state index in [9.17, 15) is 9.59 Å². The van der Waals surface area contributed by atoms with Crippen LogP contribution in [0.1, 0.15) is 39.1 Å². The second-order valence-corrected chi connectivity index (χ2v) is 6.90. The summed E-state index contributed by atoms with van der Waals surface area (Å²) in [5.41, 5.74) is 1.38. The number of carbonyl (C=O) groups excluding carboxylic acids is 2. The monoisotopic (exact) mass is 358 g/mol. The molecule has 2 heterocycles. The number of thiazole rings is 1. The number of nitrogens with zero attached hydrogens (tertiary/aromatic N) is 1. The summed E-state index contributed by atoms with van der Waals surface area (Å²) in [4.78, 5) is 28.6. The summed E-state index contributed by atoms with van der Waals surface area (Å²) in [5.74, 6) is -0.273. The molecular formula is C18H18N2O4S. The quantitative estimate of drug-likeness (QED) is 0.706. The number of esters is 1. The fourth-order valence-corrected chi connectivity index (χ4v) is 3.30. The summed E-state index contributed by atoms with van der Waals surface area (Å²) >= 11 is 1.25. The third-order valence-corrected chi connectivity index (χ3v) is 4.73. The van der Waals surface area contributed by atoms with E-state index in [1.807, 2.05) is 44.2 Å². The molecule has 0 saturated heterocycles. The zero-order valence-electron chi connectivity index (χ0n) is 14.2. The minimum Gasteiger partial charge on any atom is -0.459 e. The Morgan fingerprint density at radius 2 is 2.08 bits per heavy atom. The Bertz CT molecular complexity index is 895. The van der Waals surface area contributed by atoms with E-state index in [1.165, 1.54) is 11.3 Å². The van der Waals surface area contributed by atoms with Gasteiger partial charge in [-0.1, -0.05) is 18.2 Å². The first kappa shape index (κ1) is 17.2. The fraction of sp³-hybridized carbons (Fsp3) is 0.278. The molecule has 1 unspecified atom stereocenters. The Morgan fingerprint density at radius 1 is 1.32 bits per heavy atom. The van der Waals surface area contributed by atoms with Crippen molar-refractivity contribution in [1.82, 2.24) is 10.3 Å². The lowest BCUT2D eigenvalue weighted by Crippen LogP contribution is -2.30. The number of nitrogens with one attached hydrogen (secondary N) is 1. The van der Waals surface area contributed by atoms with Gasteiger partial charge in [0.2, 0.25) is 0 Å². The number of aryl methyl sites for hydroxylation is 2. The normalized spacial score (nSPS) is 12.1. The van der Waals surface area contributed by atoms with Crippen molar-refractivity contribution in [3.05, 3.63) is 51.7 Å². The molecule has 0 aliphatic carbocycles. The van der Waals surface area contributed by atoms with Gasteiger partial charge in [0.05, 0.1) is 16.7 Å². The van der Waals surface area contributed by atoms with Crippen LogP contribution in [0.25, 0.3) is 11.0 Å². The van der Waals surface area contributed by atoms with Crippen molar-refractivity contribution in [2.24, 2.45) is 0 Å². The van der Waals surface area contributed by atoms with Gasteiger partial charge in [-0.2, -0.15) is 0 Å². The molecule has 1 N–H and O–H groups in total. The van der Waals surface area contributed by atoms with Gasteiger partial charge >= 0.3 is 5.97 Å². The highest BCUT2D eigenvalue weighted by molar-refractivity contribution is 7.13. The van der Waals surface area contributed by atoms with Crippen LogP contribution >= 0.6 is 11.3 Å². The summed E-state index contributed by atoms with van der Waals surface area (Å²) in [6, 6.07) is 9.18. The molecule has 0 radical (unpaired) electrons. The van der Waals surface area contributed by atoms with Crippen LogP contribution in [-0.4, -0.2) is 23.5 Å². The molecule has 1 amide bonds. The van der Waals surface area contributed by atoms with E-state index in [0.29, 0.717) is 16.3 Å². The molecule has 0 bridgehead atoms. The molecule has 3 aromatic rings. The van der Waals surface area contributed by atoms with Gasteiger partial charge in [-0.15, -0.1) is 11.3 Å². The van der Waals surface area contributed by atoms with Crippen molar-refractivity contribution < 1.29 is 18.7 Å². The first-order valence-corrected chi connectivity index (χ1v) is 8.64. The summed E-state index contributed by atoms with van der Waals surface area (Å²) in [5, 5.41) is 4.52. The molecule has 1 atom stereocenters. The van der Waals surface area contributed by atoms with Crippen LogP contribution in [-0.2, 0) is 9.53 Å². The van der Waals surface area contributed by atoms with Gasteiger partial charge in [0.25, 0.3) is 5.91 Å². The summed E-state index contributed by atoms with van der Waals surface area (Å²) in [6.07, 6.45) is 0. The van der Waals surface area contributed by atoms with Crippen LogP contribution in [0.3, 0.4) is 0 Å². The molecule has 2 aromatic heterocycles. The third-order valence-electron chi connectivity index (χ3n) is 3.67. The second kappa shape index (κ2) is 7.06. The van der Waals surface area contributed by atoms with Gasteiger partial charge in [-0.3, -0.25) is 4.79 Å². The van der Waals surface area contributed by atoms with Gasteiger partial charge < -0.3 is 14.5 Å². The fourth-order valence-electron chi connectivity index (χ4n) is 2.49. The Balaban J connectivity index is 1.56. The lowest BCUT2D eigenvalue weighted by Gasteiger charge is -2.11. The maximum atomic E-state index is 12.0. The number of hydrogen-bond donors (Lipinski definition) is 1. The van der Waals surface area contributed by atoms with Gasteiger partial charge in [0.15, 0.2) is 6.61 Å². The van der Waals surface area contributed by atoms with E-state index in [0.717, 1.165) is 16.0 Å². The Kier molecular flexibility index (Phi) is 4.85. The Morgan fingerprint density at radius 3 is 2.76 bits per heavy atom. The number of amides is 1. The van der Waals surface area contributed by atoms with Gasteiger partial charge in [-0.05, 0) is 32.9 Å². The standard InChI is InChI=1S/C18H18N2O4S/c1-10(15-8-13-6-4-5-7-14(13)24-15)20-16(21)9-23-18(22)17-11(2)19-12(3)25-17/h4-8,10H,9H2,1-3H3,(H,20,21). The highest BCUT2D eigenvalue weighted by Gasteiger charge is 2.18. The van der Waals surface area contributed by atoms with E-state index >= 15 is 0 Å². The molecule has 130 valence electrons. The molecule has 25 heavy (non-hydrogen) atoms. The maximum Gasteiger partial charge on any atom is 0.350 e. The van der Waals surface area contributed by atoms with E-state index in [2.05, 4.69) is 10.3 Å². The Labute approximate surface area is 148 Å². The predicted octanol–water partition coefficient (Wildman–Crippen LogP) is 3.54. The van der Waals surface area contributed by atoms with Crippen LogP contribution in [0.2, 0.25) is 0 Å². The zero-order chi connectivity index (χ0) is 18.0. The van der Waals surface area contributed by atoms with E-state index in [-0.39, 0.29) is 18.6 Å². The molecular weight excluding hydrogens is 340 g/mol. The molecule has 0 aliphatic rings. The molecule has 1 aromatic carbocycles. The highest BCUT2D eigenvalue weighted by Crippen LogP contribution is 2.23. The van der Waals surface area contributed by atoms with Crippen LogP contribution < -0.4 is 5.32 Å². The van der Waals surface area contributed by atoms with Crippen molar-refractivity contribution in [2.75, 3.05) is 6.61 Å². The van der Waals surface area contributed by atoms with E-state index in [4.69, 9.17) is 9.15 Å². The molecule has 0 aliphatic heterocycles. The third kappa shape index (κ3) is 3.88. The SMILES string of the molecule is Cc1nc(C)c(C(=O)OCC(=O)NC(C)c2cc3ccccc3o2)s1. The second-order valence-electron chi connectivity index (χ2n) is 5.70. The first-order chi connectivity index (χ1) is 11.9. The average Bonchev–Trinajstić information content (AvgIpc) is 3.15. The zero-order valence-corrected chi connectivity index (χ0v) is 15.0. The highest BCUT2D eigenvalue weighted by atomic mass is 32.1. The van der Waals surface area contributed by atoms with Crippen LogP contribution in [0.4, 0.5) is 0 Å². The topological polar surface area (TPSA) is 81.4 Å². The summed E-state index contributed by atoms with van der Waals surface area (Å²) in [6.45, 7) is 5.02. The number of benzene rings is 1. The number of para-hydroxylation sites is 1. The van der Waals surface area contributed by atoms with Crippen LogP contribution in [0.5, 0.6) is 0 Å². The van der Waals surface area contributed by atoms with Gasteiger partial charge in [0.1, 0.15) is 16.2 Å². The number of ether oxygens (including phenoxy) is 1. The lowest BCUT2D eigenvalue weighted by molar-refractivity contribution is -0.125. The van der Waals surface area contributed by atoms with E-state index < -0.39 is 5.97 Å². The van der Waals surface area contributed by atoms with Crippen molar-refractivity contribution in [3.63, 3.8) is 0 Å². The van der Waals surface area contributed by atoms with Crippen molar-refractivity contribution in [2.45, 2.75) is 26.8 Å². The predicted molar refractivity (Wildman–Crippen MR) is 94.6 cm³/mol. The molecule has 0 spiro atoms. The molecule has 0 fully saturated rings. The molecule has 0 saturated carbocycles. The molecule has 6 nitrogen and oxygen atoms in total. The minimum absolute atomic E-state index is 0.328.